The predicted octanol–water partition coefficient (Wildman–Crippen LogP) is 1.93. The third-order valence-electron chi connectivity index (χ3n) is 0.796. The molecule has 0 aliphatic carbocycles. The summed E-state index contributed by atoms with van der Waals surface area (Å²) < 4.78 is 1.20. The van der Waals surface area contributed by atoms with Gasteiger partial charge in [-0.25, -0.2) is 0 Å². The molecule has 1 aromatic heterocycles. The first-order valence-electron chi connectivity index (χ1n) is 2.10. The highest BCUT2D eigenvalue weighted by Crippen LogP contribution is 2.01. The molecular weight excluding hydrogens is 201 g/mol. The van der Waals surface area contributed by atoms with Crippen molar-refractivity contribution in [3.05, 3.63) is 21.5 Å². The van der Waals surface area contributed by atoms with E-state index in [-0.39, 0.29) is 0 Å². The van der Waals surface area contributed by atoms with E-state index in [0.29, 0.717) is 0 Å². The van der Waals surface area contributed by atoms with Crippen molar-refractivity contribution in [2.24, 2.45) is 0 Å². The molecule has 0 radical (unpaired) electrons. The van der Waals surface area contributed by atoms with Crippen molar-refractivity contribution < 1.29 is 0 Å². The fourth-order valence-corrected chi connectivity index (χ4v) is 1.08. The first-order valence-corrected chi connectivity index (χ1v) is 3.18. The van der Waals surface area contributed by atoms with Gasteiger partial charge in [0.1, 0.15) is 0 Å². The number of rotatable bonds is 0. The molecular formula is C5H6IN. The van der Waals surface area contributed by atoms with Gasteiger partial charge in [-0.2, -0.15) is 0 Å². The Kier molecular flexibility index (Phi) is 1.37. The van der Waals surface area contributed by atoms with Crippen molar-refractivity contribution in [2.75, 3.05) is 0 Å². The maximum Gasteiger partial charge on any atom is 0.0773 e. The topological polar surface area (TPSA) is 15.8 Å². The summed E-state index contributed by atoms with van der Waals surface area (Å²) in [5.41, 5.74) is 1.23. The average Bonchev–Trinajstić information content (AvgIpc) is 1.87. The molecule has 0 amide bonds. The maximum absolute atomic E-state index is 3.13. The molecule has 0 unspecified atom stereocenters. The van der Waals surface area contributed by atoms with Crippen molar-refractivity contribution >= 4 is 22.6 Å². The standard InChI is InChI=1S/C5H6IN/c1-4-2-3-5(6)7-4/h2-3,7H,1H3. The molecule has 0 aliphatic rings. The smallest absolute Gasteiger partial charge is 0.0773 e. The van der Waals surface area contributed by atoms with Crippen LogP contribution < -0.4 is 0 Å². The molecule has 0 aliphatic heterocycles. The Balaban J connectivity index is 3.04. The summed E-state index contributed by atoms with van der Waals surface area (Å²) in [6.45, 7) is 2.04. The van der Waals surface area contributed by atoms with Gasteiger partial charge in [-0.3, -0.25) is 0 Å². The Morgan fingerprint density at radius 3 is 2.43 bits per heavy atom. The number of aryl methyl sites for hydroxylation is 1. The van der Waals surface area contributed by atoms with E-state index in [4.69, 9.17) is 0 Å². The number of halogens is 1. The number of H-pyrrole nitrogens is 1. The molecule has 1 rings (SSSR count). The molecule has 2 heteroatoms. The largest absolute Gasteiger partial charge is 0.354 e. The van der Waals surface area contributed by atoms with Crippen LogP contribution >= 0.6 is 22.6 Å². The van der Waals surface area contributed by atoms with Gasteiger partial charge in [0.2, 0.25) is 0 Å². The van der Waals surface area contributed by atoms with E-state index in [0.717, 1.165) is 0 Å². The Morgan fingerprint density at radius 1 is 1.57 bits per heavy atom. The second kappa shape index (κ2) is 1.86. The fourth-order valence-electron chi connectivity index (χ4n) is 0.470. The van der Waals surface area contributed by atoms with E-state index < -0.39 is 0 Å². The molecule has 0 fully saturated rings. The van der Waals surface area contributed by atoms with Crippen molar-refractivity contribution in [3.63, 3.8) is 0 Å². The highest BCUT2D eigenvalue weighted by molar-refractivity contribution is 14.1. The lowest BCUT2D eigenvalue weighted by atomic mass is 10.5. The summed E-state index contributed by atoms with van der Waals surface area (Å²) in [6, 6.07) is 4.11. The molecule has 38 valence electrons. The van der Waals surface area contributed by atoms with Crippen LogP contribution in [0, 0.1) is 10.6 Å². The van der Waals surface area contributed by atoms with Crippen molar-refractivity contribution in [2.45, 2.75) is 6.92 Å². The van der Waals surface area contributed by atoms with Crippen molar-refractivity contribution in [1.82, 2.24) is 4.98 Å². The van der Waals surface area contributed by atoms with E-state index in [1.807, 2.05) is 6.92 Å². The quantitative estimate of drug-likeness (QED) is 0.625. The number of nitrogens with one attached hydrogen (secondary N) is 1. The minimum absolute atomic E-state index is 1.20. The van der Waals surface area contributed by atoms with Gasteiger partial charge in [-0.1, -0.05) is 0 Å². The van der Waals surface area contributed by atoms with Gasteiger partial charge >= 0.3 is 0 Å². The molecule has 0 saturated carbocycles. The van der Waals surface area contributed by atoms with Crippen LogP contribution in [0.3, 0.4) is 0 Å². The SMILES string of the molecule is Cc1ccc(I)[nH]1. The van der Waals surface area contributed by atoms with Crippen LogP contribution in [0.4, 0.5) is 0 Å². The lowest BCUT2D eigenvalue weighted by molar-refractivity contribution is 1.23. The second-order valence-corrected chi connectivity index (χ2v) is 2.65. The first kappa shape index (κ1) is 5.15. The fraction of sp³-hybridized carbons (Fsp3) is 0.200. The molecule has 0 spiro atoms. The molecule has 0 aromatic carbocycles. The van der Waals surface area contributed by atoms with Gasteiger partial charge in [0.15, 0.2) is 0 Å². The average molecular weight is 207 g/mol. The van der Waals surface area contributed by atoms with Crippen molar-refractivity contribution in [3.8, 4) is 0 Å². The summed E-state index contributed by atoms with van der Waals surface area (Å²) in [7, 11) is 0. The van der Waals surface area contributed by atoms with Gasteiger partial charge in [0.05, 0.1) is 3.70 Å². The summed E-state index contributed by atoms with van der Waals surface area (Å²) in [6.07, 6.45) is 0. The van der Waals surface area contributed by atoms with Crippen LogP contribution in [0.5, 0.6) is 0 Å². The van der Waals surface area contributed by atoms with Crippen LogP contribution in [-0.2, 0) is 0 Å². The first-order chi connectivity index (χ1) is 3.29. The lowest BCUT2D eigenvalue weighted by Gasteiger charge is -1.75. The van der Waals surface area contributed by atoms with E-state index >= 15 is 0 Å². The summed E-state index contributed by atoms with van der Waals surface area (Å²) >= 11 is 2.25. The summed E-state index contributed by atoms with van der Waals surface area (Å²) in [5.74, 6) is 0. The molecule has 0 bridgehead atoms. The van der Waals surface area contributed by atoms with Gasteiger partial charge < -0.3 is 4.98 Å². The molecule has 1 N–H and O–H groups in total. The molecule has 7 heavy (non-hydrogen) atoms. The highest BCUT2D eigenvalue weighted by Gasteiger charge is 1.83. The molecule has 0 saturated heterocycles. The number of hydrogen-bond donors (Lipinski definition) is 1. The third kappa shape index (κ3) is 1.19. The van der Waals surface area contributed by atoms with E-state index in [2.05, 4.69) is 39.7 Å². The van der Waals surface area contributed by atoms with E-state index in [1.165, 1.54) is 9.39 Å². The minimum atomic E-state index is 1.20. The van der Waals surface area contributed by atoms with Gasteiger partial charge in [0.25, 0.3) is 0 Å². The van der Waals surface area contributed by atoms with Crippen molar-refractivity contribution in [1.29, 1.82) is 0 Å². The van der Waals surface area contributed by atoms with Crippen LogP contribution in [0.1, 0.15) is 5.69 Å². The van der Waals surface area contributed by atoms with Gasteiger partial charge in [-0.15, -0.1) is 0 Å². The Bertz CT molecular complexity index is 140. The molecule has 1 heterocycles. The third-order valence-corrected chi connectivity index (χ3v) is 1.43. The minimum Gasteiger partial charge on any atom is -0.354 e. The van der Waals surface area contributed by atoms with Crippen LogP contribution in [0.25, 0.3) is 0 Å². The summed E-state index contributed by atoms with van der Waals surface area (Å²) in [4.78, 5) is 3.13. The second-order valence-electron chi connectivity index (χ2n) is 1.49. The predicted molar refractivity (Wildman–Crippen MR) is 38.2 cm³/mol. The molecule has 0 atom stereocenters. The van der Waals surface area contributed by atoms with E-state index in [9.17, 15) is 0 Å². The van der Waals surface area contributed by atoms with E-state index in [1.54, 1.807) is 0 Å². The molecule has 1 aromatic rings. The molecule has 1 nitrogen and oxygen atoms in total. The lowest BCUT2D eigenvalue weighted by Crippen LogP contribution is -1.66. The van der Waals surface area contributed by atoms with Gasteiger partial charge in [-0.05, 0) is 41.6 Å². The Hall–Kier alpha value is 0.01000. The zero-order valence-electron chi connectivity index (χ0n) is 4.03. The van der Waals surface area contributed by atoms with Gasteiger partial charge in [0, 0.05) is 5.69 Å². The number of aromatic amines is 1. The number of hydrogen-bond acceptors (Lipinski definition) is 0. The zero-order chi connectivity index (χ0) is 5.28. The number of aromatic nitrogens is 1. The van der Waals surface area contributed by atoms with Crippen LogP contribution in [0.15, 0.2) is 12.1 Å². The van der Waals surface area contributed by atoms with Crippen LogP contribution in [-0.4, -0.2) is 4.98 Å². The highest BCUT2D eigenvalue weighted by atomic mass is 127. The monoisotopic (exact) mass is 207 g/mol. The zero-order valence-corrected chi connectivity index (χ0v) is 6.19. The normalized spacial score (nSPS) is 9.43. The summed E-state index contributed by atoms with van der Waals surface area (Å²) in [5, 5.41) is 0. The van der Waals surface area contributed by atoms with Crippen LogP contribution in [0.2, 0.25) is 0 Å². The Morgan fingerprint density at radius 2 is 2.29 bits per heavy atom. The Labute approximate surface area is 56.3 Å². The maximum atomic E-state index is 3.13.